The number of halogens is 2. The highest BCUT2D eigenvalue weighted by atomic mass is 35.5. The molecule has 104 valence electrons. The van der Waals surface area contributed by atoms with E-state index in [-0.39, 0.29) is 18.2 Å². The number of nitrogens with zero attached hydrogens (tertiary/aromatic N) is 1. The summed E-state index contributed by atoms with van der Waals surface area (Å²) in [6.07, 6.45) is 3.19. The summed E-state index contributed by atoms with van der Waals surface area (Å²) in [5, 5.41) is 1.11. The third kappa shape index (κ3) is 2.26. The van der Waals surface area contributed by atoms with Crippen molar-refractivity contribution in [3.05, 3.63) is 34.8 Å². The van der Waals surface area contributed by atoms with E-state index in [1.54, 1.807) is 6.07 Å². The van der Waals surface area contributed by atoms with Gasteiger partial charge in [-0.25, -0.2) is 4.39 Å². The van der Waals surface area contributed by atoms with Crippen LogP contribution < -0.4 is 0 Å². The van der Waals surface area contributed by atoms with E-state index < -0.39 is 0 Å². The first-order chi connectivity index (χ1) is 8.58. The first-order valence-corrected chi connectivity index (χ1v) is 6.53. The molecule has 3 rings (SSSR count). The Balaban J connectivity index is 0.00000133. The second-order valence-corrected chi connectivity index (χ2v) is 5.56. The van der Waals surface area contributed by atoms with Gasteiger partial charge in [0, 0.05) is 17.1 Å². The van der Waals surface area contributed by atoms with E-state index in [0.717, 1.165) is 24.6 Å². The number of likely N-dealkylation sites (N-methyl/N-ethyl adjacent to an activating group) is 1. The van der Waals surface area contributed by atoms with Crippen molar-refractivity contribution in [2.24, 2.45) is 0 Å². The Kier molecular flexibility index (Phi) is 3.88. The number of hydrogen-bond acceptors (Lipinski definition) is 1. The van der Waals surface area contributed by atoms with Crippen LogP contribution in [-0.2, 0) is 12.8 Å². The summed E-state index contributed by atoms with van der Waals surface area (Å²) in [7, 11) is 4.25. The summed E-state index contributed by atoms with van der Waals surface area (Å²) in [6, 6.07) is 4.01. The molecule has 0 aliphatic heterocycles. The first-order valence-electron chi connectivity index (χ1n) is 6.53. The Bertz CT molecular complexity index is 604. The van der Waals surface area contributed by atoms with Gasteiger partial charge < -0.3 is 9.88 Å². The lowest BCUT2D eigenvalue weighted by molar-refractivity contribution is 0.268. The predicted octanol–water partition coefficient (Wildman–Crippen LogP) is 3.46. The van der Waals surface area contributed by atoms with E-state index in [2.05, 4.69) is 30.9 Å². The van der Waals surface area contributed by atoms with Gasteiger partial charge in [-0.3, -0.25) is 0 Å². The Morgan fingerprint density at radius 1 is 1.32 bits per heavy atom. The minimum Gasteiger partial charge on any atom is -0.356 e. The molecular formula is C15H20ClFN2. The van der Waals surface area contributed by atoms with Crippen molar-refractivity contribution >= 4 is 23.3 Å². The van der Waals surface area contributed by atoms with E-state index in [9.17, 15) is 4.39 Å². The van der Waals surface area contributed by atoms with Gasteiger partial charge in [0.1, 0.15) is 5.82 Å². The molecule has 1 N–H and O–H groups in total. The molecule has 1 heterocycles. The van der Waals surface area contributed by atoms with Gasteiger partial charge >= 0.3 is 0 Å². The average molecular weight is 283 g/mol. The highest BCUT2D eigenvalue weighted by Gasteiger charge is 2.25. The molecule has 0 spiro atoms. The molecule has 0 radical (unpaired) electrons. The van der Waals surface area contributed by atoms with Gasteiger partial charge in [0.2, 0.25) is 0 Å². The molecule has 0 fully saturated rings. The number of aromatic nitrogens is 1. The van der Waals surface area contributed by atoms with Crippen LogP contribution in [0.1, 0.15) is 23.2 Å². The number of aryl methyl sites for hydroxylation is 2. The quantitative estimate of drug-likeness (QED) is 0.849. The predicted molar refractivity (Wildman–Crippen MR) is 79.7 cm³/mol. The largest absolute Gasteiger partial charge is 0.356 e. The van der Waals surface area contributed by atoms with E-state index >= 15 is 0 Å². The molecule has 0 saturated heterocycles. The molecule has 2 aromatic rings. The highest BCUT2D eigenvalue weighted by molar-refractivity contribution is 5.88. The fourth-order valence-corrected chi connectivity index (χ4v) is 3.10. The van der Waals surface area contributed by atoms with E-state index in [0.29, 0.717) is 11.6 Å². The minimum atomic E-state index is -0.133. The summed E-state index contributed by atoms with van der Waals surface area (Å²) in [4.78, 5) is 5.57. The second kappa shape index (κ2) is 5.14. The average Bonchev–Trinajstić information content (AvgIpc) is 2.73. The van der Waals surface area contributed by atoms with Crippen LogP contribution >= 0.6 is 12.4 Å². The van der Waals surface area contributed by atoms with Crippen LogP contribution in [0.2, 0.25) is 0 Å². The zero-order chi connectivity index (χ0) is 12.9. The maximum absolute atomic E-state index is 13.9. The molecule has 2 nitrogen and oxygen atoms in total. The maximum Gasteiger partial charge on any atom is 0.147 e. The van der Waals surface area contributed by atoms with Crippen LogP contribution in [0.25, 0.3) is 10.9 Å². The zero-order valence-corrected chi connectivity index (χ0v) is 12.4. The summed E-state index contributed by atoms with van der Waals surface area (Å²) < 4.78 is 13.9. The maximum atomic E-state index is 13.9. The van der Waals surface area contributed by atoms with Gasteiger partial charge in [0.05, 0.1) is 5.52 Å². The summed E-state index contributed by atoms with van der Waals surface area (Å²) in [5.74, 6) is -0.133. The van der Waals surface area contributed by atoms with E-state index in [4.69, 9.17) is 0 Å². The van der Waals surface area contributed by atoms with Crippen LogP contribution in [0, 0.1) is 12.7 Å². The number of benzene rings is 1. The summed E-state index contributed by atoms with van der Waals surface area (Å²) in [5.41, 5.74) is 4.42. The summed E-state index contributed by atoms with van der Waals surface area (Å²) >= 11 is 0. The molecule has 1 aliphatic rings. The normalized spacial score (nSPS) is 18.5. The first kappa shape index (κ1) is 14.4. The number of H-pyrrole nitrogens is 1. The lowest BCUT2D eigenvalue weighted by Gasteiger charge is -2.28. The lowest BCUT2D eigenvalue weighted by Crippen LogP contribution is -2.33. The van der Waals surface area contributed by atoms with Crippen molar-refractivity contribution in [3.63, 3.8) is 0 Å². The number of nitrogens with one attached hydrogen (secondary N) is 1. The Labute approximate surface area is 119 Å². The number of fused-ring (bicyclic) bond motifs is 3. The molecule has 0 saturated carbocycles. The molecule has 1 atom stereocenters. The van der Waals surface area contributed by atoms with Crippen molar-refractivity contribution in [2.45, 2.75) is 32.2 Å². The zero-order valence-electron chi connectivity index (χ0n) is 11.6. The molecule has 1 aromatic carbocycles. The molecular weight excluding hydrogens is 263 g/mol. The molecule has 1 aromatic heterocycles. The fraction of sp³-hybridized carbons (Fsp3) is 0.467. The van der Waals surface area contributed by atoms with Gasteiger partial charge in [-0.2, -0.15) is 0 Å². The number of rotatable bonds is 1. The van der Waals surface area contributed by atoms with Crippen molar-refractivity contribution in [2.75, 3.05) is 14.1 Å². The smallest absolute Gasteiger partial charge is 0.147 e. The standard InChI is InChI=1S/C15H19FN2.ClH/c1-9-4-6-12(16)15-14(9)11-8-10(18(2)3)5-7-13(11)17-15;/h4,6,10,17H,5,7-8H2,1-3H3;1H. The van der Waals surface area contributed by atoms with Gasteiger partial charge in [-0.15, -0.1) is 12.4 Å². The summed E-state index contributed by atoms with van der Waals surface area (Å²) in [6.45, 7) is 2.06. The molecule has 1 aliphatic carbocycles. The van der Waals surface area contributed by atoms with Crippen LogP contribution in [0.5, 0.6) is 0 Å². The van der Waals surface area contributed by atoms with Crippen LogP contribution in [0.15, 0.2) is 12.1 Å². The number of aromatic amines is 1. The fourth-order valence-electron chi connectivity index (χ4n) is 3.10. The lowest BCUT2D eigenvalue weighted by atomic mass is 9.90. The topological polar surface area (TPSA) is 19.0 Å². The monoisotopic (exact) mass is 282 g/mol. The van der Waals surface area contributed by atoms with Gasteiger partial charge in [0.25, 0.3) is 0 Å². The minimum absolute atomic E-state index is 0. The van der Waals surface area contributed by atoms with E-state index in [1.807, 2.05) is 6.07 Å². The van der Waals surface area contributed by atoms with Gasteiger partial charge in [0.15, 0.2) is 0 Å². The van der Waals surface area contributed by atoms with Crippen molar-refractivity contribution in [3.8, 4) is 0 Å². The highest BCUT2D eigenvalue weighted by Crippen LogP contribution is 2.33. The second-order valence-electron chi connectivity index (χ2n) is 5.56. The Hall–Kier alpha value is -1.06. The van der Waals surface area contributed by atoms with Crippen molar-refractivity contribution < 1.29 is 4.39 Å². The van der Waals surface area contributed by atoms with Crippen molar-refractivity contribution in [1.29, 1.82) is 0 Å². The third-order valence-corrected chi connectivity index (χ3v) is 4.20. The van der Waals surface area contributed by atoms with E-state index in [1.165, 1.54) is 16.8 Å². The molecule has 0 bridgehead atoms. The van der Waals surface area contributed by atoms with Gasteiger partial charge in [-0.05, 0) is 57.5 Å². The Morgan fingerprint density at radius 3 is 2.74 bits per heavy atom. The molecule has 19 heavy (non-hydrogen) atoms. The number of hydrogen-bond donors (Lipinski definition) is 1. The Morgan fingerprint density at radius 2 is 2.05 bits per heavy atom. The SMILES string of the molecule is Cc1ccc(F)c2[nH]c3c(c12)CC(N(C)C)CC3.Cl. The molecule has 1 unspecified atom stereocenters. The van der Waals surface area contributed by atoms with Crippen LogP contribution in [0.4, 0.5) is 4.39 Å². The van der Waals surface area contributed by atoms with Crippen LogP contribution in [0.3, 0.4) is 0 Å². The molecule has 4 heteroatoms. The van der Waals surface area contributed by atoms with Crippen LogP contribution in [-0.4, -0.2) is 30.0 Å². The third-order valence-electron chi connectivity index (χ3n) is 4.20. The van der Waals surface area contributed by atoms with Gasteiger partial charge in [-0.1, -0.05) is 6.07 Å². The molecule has 0 amide bonds. The van der Waals surface area contributed by atoms with Crippen molar-refractivity contribution in [1.82, 2.24) is 9.88 Å².